The molecule has 1 aliphatic carbocycles. The first-order valence-electron chi connectivity index (χ1n) is 9.39. The molecule has 1 fully saturated rings. The van der Waals surface area contributed by atoms with Gasteiger partial charge in [0.05, 0.1) is 10.8 Å². The average molecular weight is 397 g/mol. The number of aliphatic carboxylic acids is 1. The molecule has 0 aromatic heterocycles. The van der Waals surface area contributed by atoms with Crippen LogP contribution in [0.15, 0.2) is 29.2 Å². The summed E-state index contributed by atoms with van der Waals surface area (Å²) in [5.41, 5.74) is 0.887. The number of rotatable bonds is 9. The lowest BCUT2D eigenvalue weighted by atomic mass is 10.1. The number of hydrogen-bond donors (Lipinski definition) is 2. The summed E-state index contributed by atoms with van der Waals surface area (Å²) >= 11 is 0. The van der Waals surface area contributed by atoms with Crippen LogP contribution in [0.25, 0.3) is 0 Å². The van der Waals surface area contributed by atoms with Gasteiger partial charge in [-0.05, 0) is 43.4 Å². The first kappa shape index (κ1) is 21.4. The van der Waals surface area contributed by atoms with Crippen molar-refractivity contribution in [2.24, 2.45) is 5.92 Å². The Hall–Kier alpha value is -1.93. The molecule has 1 aromatic rings. The maximum atomic E-state index is 12.5. The van der Waals surface area contributed by atoms with E-state index in [1.807, 2.05) is 0 Å². The maximum Gasteiger partial charge on any atom is 0.306 e. The monoisotopic (exact) mass is 396 g/mol. The molecular weight excluding hydrogens is 368 g/mol. The highest BCUT2D eigenvalue weighted by atomic mass is 32.2. The Morgan fingerprint density at radius 1 is 1.15 bits per heavy atom. The fourth-order valence-electron chi connectivity index (χ4n) is 3.44. The van der Waals surface area contributed by atoms with E-state index < -0.39 is 16.0 Å². The summed E-state index contributed by atoms with van der Waals surface area (Å²) in [7, 11) is -3.47. The van der Waals surface area contributed by atoms with Crippen LogP contribution < -0.4 is 5.32 Å². The number of carbonyl (C=O) groups is 2. The van der Waals surface area contributed by atoms with E-state index in [1.54, 1.807) is 38.1 Å². The van der Waals surface area contributed by atoms with Crippen molar-refractivity contribution in [2.75, 3.05) is 13.1 Å². The average Bonchev–Trinajstić information content (AvgIpc) is 3.10. The third-order valence-corrected chi connectivity index (χ3v) is 7.12. The number of aryl methyl sites for hydroxylation is 1. The summed E-state index contributed by atoms with van der Waals surface area (Å²) in [5.74, 6) is -1.27. The molecule has 150 valence electrons. The molecule has 7 nitrogen and oxygen atoms in total. The van der Waals surface area contributed by atoms with Crippen molar-refractivity contribution in [1.29, 1.82) is 0 Å². The van der Waals surface area contributed by atoms with E-state index >= 15 is 0 Å². The van der Waals surface area contributed by atoms with Crippen molar-refractivity contribution in [3.63, 3.8) is 0 Å². The minimum absolute atomic E-state index is 0.0693. The highest BCUT2D eigenvalue weighted by Crippen LogP contribution is 2.25. The number of nitrogens with one attached hydrogen (secondary N) is 1. The summed E-state index contributed by atoms with van der Waals surface area (Å²) in [6, 6.07) is 6.56. The minimum Gasteiger partial charge on any atom is -0.481 e. The summed E-state index contributed by atoms with van der Waals surface area (Å²) in [4.78, 5) is 23.3. The third-order valence-electron chi connectivity index (χ3n) is 5.05. The van der Waals surface area contributed by atoms with E-state index in [9.17, 15) is 18.0 Å². The molecular formula is C19H28N2O5S. The zero-order valence-electron chi connectivity index (χ0n) is 15.8. The van der Waals surface area contributed by atoms with Crippen LogP contribution in [0.1, 0.15) is 45.1 Å². The van der Waals surface area contributed by atoms with Gasteiger partial charge in [0.1, 0.15) is 0 Å². The Morgan fingerprint density at radius 3 is 2.30 bits per heavy atom. The Bertz CT molecular complexity index is 757. The van der Waals surface area contributed by atoms with Crippen LogP contribution in [0.2, 0.25) is 0 Å². The van der Waals surface area contributed by atoms with E-state index in [2.05, 4.69) is 5.32 Å². The van der Waals surface area contributed by atoms with E-state index in [0.717, 1.165) is 5.56 Å². The topological polar surface area (TPSA) is 104 Å². The standard InChI is InChI=1S/C19H28N2O5S/c1-3-21(4-2)27(25,26)17-10-5-14(6-11-17)7-12-18(22)20-16-9-8-15(13-16)19(23)24/h5-6,10-11,15-16H,3-4,7-9,12-13H2,1-2H3,(H,20,22)(H,23,24)/t15-,16+/m1/s1. The molecule has 1 aliphatic rings. The Labute approximate surface area is 160 Å². The first-order valence-corrected chi connectivity index (χ1v) is 10.8. The van der Waals surface area contributed by atoms with E-state index in [1.165, 1.54) is 4.31 Å². The molecule has 1 aromatic carbocycles. The number of benzene rings is 1. The van der Waals surface area contributed by atoms with E-state index in [-0.39, 0.29) is 29.2 Å². The fourth-order valence-corrected chi connectivity index (χ4v) is 4.89. The number of carboxylic acid groups (broad SMARTS) is 1. The van der Waals surface area contributed by atoms with Crippen molar-refractivity contribution < 1.29 is 23.1 Å². The van der Waals surface area contributed by atoms with Crippen molar-refractivity contribution >= 4 is 21.9 Å². The van der Waals surface area contributed by atoms with Crippen LogP contribution in [-0.2, 0) is 26.0 Å². The molecule has 0 bridgehead atoms. The smallest absolute Gasteiger partial charge is 0.306 e. The summed E-state index contributed by atoms with van der Waals surface area (Å²) in [6.07, 6.45) is 2.57. The van der Waals surface area contributed by atoms with Crippen molar-refractivity contribution in [1.82, 2.24) is 9.62 Å². The van der Waals surface area contributed by atoms with Crippen LogP contribution in [0, 0.1) is 5.92 Å². The van der Waals surface area contributed by atoms with Gasteiger partial charge in [-0.25, -0.2) is 8.42 Å². The second-order valence-corrected chi connectivity index (χ2v) is 8.78. The predicted octanol–water partition coefficient (Wildman–Crippen LogP) is 2.02. The Kier molecular flexibility index (Phi) is 7.38. The number of hydrogen-bond acceptors (Lipinski definition) is 4. The van der Waals surface area contributed by atoms with Gasteiger partial charge in [-0.2, -0.15) is 4.31 Å². The van der Waals surface area contributed by atoms with Crippen molar-refractivity contribution in [3.05, 3.63) is 29.8 Å². The molecule has 1 amide bonds. The molecule has 2 atom stereocenters. The molecule has 0 spiro atoms. The molecule has 0 unspecified atom stereocenters. The van der Waals surface area contributed by atoms with Gasteiger partial charge >= 0.3 is 5.97 Å². The molecule has 0 aliphatic heterocycles. The normalized spacial score (nSPS) is 20.0. The first-order chi connectivity index (χ1) is 12.8. The second-order valence-electron chi connectivity index (χ2n) is 6.85. The summed E-state index contributed by atoms with van der Waals surface area (Å²) < 4.78 is 26.3. The predicted molar refractivity (Wildman–Crippen MR) is 102 cm³/mol. The maximum absolute atomic E-state index is 12.5. The lowest BCUT2D eigenvalue weighted by molar-refractivity contribution is -0.141. The largest absolute Gasteiger partial charge is 0.481 e. The van der Waals surface area contributed by atoms with Crippen molar-refractivity contribution in [2.45, 2.75) is 56.9 Å². The van der Waals surface area contributed by atoms with E-state index in [4.69, 9.17) is 5.11 Å². The van der Waals surface area contributed by atoms with Crippen LogP contribution in [0.3, 0.4) is 0 Å². The quantitative estimate of drug-likeness (QED) is 0.665. The summed E-state index contributed by atoms with van der Waals surface area (Å²) in [6.45, 7) is 4.45. The second kappa shape index (κ2) is 9.32. The summed E-state index contributed by atoms with van der Waals surface area (Å²) in [5, 5.41) is 11.9. The van der Waals surface area contributed by atoms with Gasteiger partial charge in [-0.3, -0.25) is 9.59 Å². The molecule has 27 heavy (non-hydrogen) atoms. The van der Waals surface area contributed by atoms with Crippen LogP contribution in [0.5, 0.6) is 0 Å². The molecule has 2 N–H and O–H groups in total. The lowest BCUT2D eigenvalue weighted by Crippen LogP contribution is -2.33. The number of nitrogens with zero attached hydrogens (tertiary/aromatic N) is 1. The lowest BCUT2D eigenvalue weighted by Gasteiger charge is -2.18. The van der Waals surface area contributed by atoms with E-state index in [0.29, 0.717) is 38.8 Å². The van der Waals surface area contributed by atoms with Crippen LogP contribution >= 0.6 is 0 Å². The zero-order chi connectivity index (χ0) is 20.0. The number of carbonyl (C=O) groups excluding carboxylic acids is 1. The minimum atomic E-state index is -3.47. The highest BCUT2D eigenvalue weighted by molar-refractivity contribution is 7.89. The molecule has 2 rings (SSSR count). The fraction of sp³-hybridized carbons (Fsp3) is 0.579. The van der Waals surface area contributed by atoms with Gasteiger partial charge in [0.15, 0.2) is 0 Å². The SMILES string of the molecule is CCN(CC)S(=O)(=O)c1ccc(CCC(=O)N[C@H]2CC[C@@H](C(=O)O)C2)cc1. The van der Waals surface area contributed by atoms with Crippen LogP contribution in [-0.4, -0.2) is 48.8 Å². The molecule has 0 saturated heterocycles. The van der Waals surface area contributed by atoms with Gasteiger partial charge in [0.2, 0.25) is 15.9 Å². The molecule has 0 heterocycles. The van der Waals surface area contributed by atoms with Gasteiger partial charge in [-0.1, -0.05) is 26.0 Å². The molecule has 8 heteroatoms. The highest BCUT2D eigenvalue weighted by Gasteiger charge is 2.30. The number of sulfonamides is 1. The van der Waals surface area contributed by atoms with Gasteiger partial charge in [0.25, 0.3) is 0 Å². The molecule has 1 saturated carbocycles. The Morgan fingerprint density at radius 2 is 1.78 bits per heavy atom. The van der Waals surface area contributed by atoms with Gasteiger partial charge in [-0.15, -0.1) is 0 Å². The third kappa shape index (κ3) is 5.52. The zero-order valence-corrected chi connectivity index (χ0v) is 16.7. The van der Waals surface area contributed by atoms with Crippen LogP contribution in [0.4, 0.5) is 0 Å². The molecule has 0 radical (unpaired) electrons. The van der Waals surface area contributed by atoms with Gasteiger partial charge in [0, 0.05) is 25.6 Å². The number of amides is 1. The number of carboxylic acids is 1. The van der Waals surface area contributed by atoms with Crippen molar-refractivity contribution in [3.8, 4) is 0 Å². The Balaban J connectivity index is 1.86. The van der Waals surface area contributed by atoms with Gasteiger partial charge < -0.3 is 10.4 Å².